The van der Waals surface area contributed by atoms with E-state index in [0.29, 0.717) is 17.8 Å². The lowest BCUT2D eigenvalue weighted by atomic mass is 9.48. The molecule has 0 aliphatic heterocycles. The van der Waals surface area contributed by atoms with Crippen LogP contribution in [0.3, 0.4) is 0 Å². The Labute approximate surface area is 145 Å². The molecule has 0 saturated heterocycles. The molecular weight excluding hydrogens is 302 g/mol. The molecule has 0 bridgehead atoms. The number of aliphatic hydroxyl groups is 2. The molecule has 24 heavy (non-hydrogen) atoms. The van der Waals surface area contributed by atoms with Crippen molar-refractivity contribution in [2.75, 3.05) is 7.11 Å². The van der Waals surface area contributed by atoms with Crippen LogP contribution in [-0.4, -0.2) is 35.2 Å². The fourth-order valence-corrected chi connectivity index (χ4v) is 6.71. The monoisotopic (exact) mass is 333 g/mol. The first kappa shape index (κ1) is 16.6. The van der Waals surface area contributed by atoms with Crippen molar-refractivity contribution in [2.24, 2.45) is 33.7 Å². The van der Waals surface area contributed by atoms with Crippen LogP contribution in [0.4, 0.5) is 0 Å². The molecule has 4 rings (SSSR count). The lowest BCUT2D eigenvalue weighted by Crippen LogP contribution is -2.50. The van der Waals surface area contributed by atoms with Crippen LogP contribution in [0.5, 0.6) is 0 Å². The third-order valence-electron chi connectivity index (χ3n) is 8.04. The van der Waals surface area contributed by atoms with Gasteiger partial charge in [-0.25, -0.2) is 0 Å². The Hall–Kier alpha value is -0.870. The first-order chi connectivity index (χ1) is 11.4. The average molecular weight is 333 g/mol. The van der Waals surface area contributed by atoms with Crippen LogP contribution in [0.2, 0.25) is 0 Å². The maximum absolute atomic E-state index is 10.6. The molecule has 3 fully saturated rings. The van der Waals surface area contributed by atoms with Crippen molar-refractivity contribution in [1.29, 1.82) is 0 Å². The molecule has 4 nitrogen and oxygen atoms in total. The quantitative estimate of drug-likeness (QED) is 0.572. The summed E-state index contributed by atoms with van der Waals surface area (Å²) in [6.07, 6.45) is 8.91. The highest BCUT2D eigenvalue weighted by Gasteiger charge is 2.60. The first-order valence-corrected chi connectivity index (χ1v) is 9.57. The van der Waals surface area contributed by atoms with Gasteiger partial charge in [-0.2, -0.15) is 0 Å². The Kier molecular flexibility index (Phi) is 3.85. The van der Waals surface area contributed by atoms with Crippen molar-refractivity contribution in [3.8, 4) is 0 Å². The highest BCUT2D eigenvalue weighted by molar-refractivity contribution is 5.95. The minimum atomic E-state index is -0.454. The highest BCUT2D eigenvalue weighted by atomic mass is 16.6. The third kappa shape index (κ3) is 2.15. The molecule has 3 saturated carbocycles. The average Bonchev–Trinajstić information content (AvgIpc) is 2.80. The first-order valence-electron chi connectivity index (χ1n) is 9.57. The number of fused-ring (bicyclic) bond motifs is 5. The molecule has 7 unspecified atom stereocenters. The molecule has 0 spiro atoms. The normalized spacial score (nSPS) is 52.3. The van der Waals surface area contributed by atoms with Gasteiger partial charge in [0.15, 0.2) is 0 Å². The van der Waals surface area contributed by atoms with E-state index in [1.807, 2.05) is 0 Å². The summed E-state index contributed by atoms with van der Waals surface area (Å²) in [5, 5.41) is 24.9. The van der Waals surface area contributed by atoms with E-state index in [0.717, 1.165) is 44.2 Å². The maximum atomic E-state index is 10.6. The molecule has 0 amide bonds. The van der Waals surface area contributed by atoms with E-state index in [2.05, 4.69) is 25.1 Å². The number of hydrogen-bond donors (Lipinski definition) is 2. The van der Waals surface area contributed by atoms with Crippen molar-refractivity contribution in [1.82, 2.24) is 0 Å². The zero-order valence-electron chi connectivity index (χ0n) is 15.2. The second-order valence-corrected chi connectivity index (χ2v) is 9.02. The van der Waals surface area contributed by atoms with Gasteiger partial charge in [0.25, 0.3) is 0 Å². The summed E-state index contributed by atoms with van der Waals surface area (Å²) in [6, 6.07) is 0. The number of allylic oxidation sites excluding steroid dienone is 1. The molecule has 0 aromatic heterocycles. The topological polar surface area (TPSA) is 62.0 Å². The summed E-state index contributed by atoms with van der Waals surface area (Å²) in [6.45, 7) is 4.72. The molecule has 7 atom stereocenters. The second kappa shape index (κ2) is 5.57. The third-order valence-corrected chi connectivity index (χ3v) is 8.04. The second-order valence-electron chi connectivity index (χ2n) is 9.02. The smallest absolute Gasteiger partial charge is 0.106 e. The van der Waals surface area contributed by atoms with Gasteiger partial charge in [0.1, 0.15) is 7.11 Å². The Bertz CT molecular complexity index is 585. The van der Waals surface area contributed by atoms with Gasteiger partial charge < -0.3 is 15.1 Å². The predicted molar refractivity (Wildman–Crippen MR) is 93.5 cm³/mol. The van der Waals surface area contributed by atoms with Crippen molar-refractivity contribution in [3.05, 3.63) is 11.6 Å². The summed E-state index contributed by atoms with van der Waals surface area (Å²) >= 11 is 0. The lowest BCUT2D eigenvalue weighted by Gasteiger charge is -2.57. The fraction of sp³-hybridized carbons (Fsp3) is 0.850. The fourth-order valence-electron chi connectivity index (χ4n) is 6.71. The Morgan fingerprint density at radius 1 is 1.12 bits per heavy atom. The number of oxime groups is 1. The van der Waals surface area contributed by atoms with E-state index in [4.69, 9.17) is 4.84 Å². The van der Waals surface area contributed by atoms with Gasteiger partial charge in [0, 0.05) is 5.41 Å². The zero-order chi connectivity index (χ0) is 17.1. The van der Waals surface area contributed by atoms with Gasteiger partial charge in [-0.15, -0.1) is 0 Å². The highest BCUT2D eigenvalue weighted by Crippen LogP contribution is 2.64. The van der Waals surface area contributed by atoms with Crippen LogP contribution < -0.4 is 0 Å². The van der Waals surface area contributed by atoms with E-state index in [-0.39, 0.29) is 16.9 Å². The minimum Gasteiger partial charge on any atom is -0.399 e. The van der Waals surface area contributed by atoms with Crippen molar-refractivity contribution >= 4 is 5.71 Å². The molecule has 2 N–H and O–H groups in total. The summed E-state index contributed by atoms with van der Waals surface area (Å²) in [5.74, 6) is 1.78. The molecule has 134 valence electrons. The molecule has 0 aromatic rings. The number of rotatable bonds is 1. The molecule has 0 heterocycles. The van der Waals surface area contributed by atoms with Crippen LogP contribution in [0, 0.1) is 28.6 Å². The molecule has 0 aromatic carbocycles. The molecule has 4 aliphatic carbocycles. The standard InChI is InChI=1S/C20H31NO3/c1-19-8-6-13(22)10-12(19)4-5-14-15(19)7-9-20(2)16(14)11-17(23)18(20)21-24-3/h4,13-17,22-23H,5-11H2,1-3H3. The number of hydrogen-bond acceptors (Lipinski definition) is 4. The van der Waals surface area contributed by atoms with Crippen LogP contribution in [0.25, 0.3) is 0 Å². The van der Waals surface area contributed by atoms with Gasteiger partial charge in [0.2, 0.25) is 0 Å². The van der Waals surface area contributed by atoms with Crippen molar-refractivity contribution in [3.63, 3.8) is 0 Å². The van der Waals surface area contributed by atoms with Crippen LogP contribution >= 0.6 is 0 Å². The predicted octanol–water partition coefficient (Wildman–Crippen LogP) is 3.28. The summed E-state index contributed by atoms with van der Waals surface area (Å²) in [7, 11) is 1.58. The van der Waals surface area contributed by atoms with Crippen LogP contribution in [0.1, 0.15) is 58.8 Å². The SMILES string of the molecule is CON=C1C(O)CC2C3CC=C4CC(O)CCC4(C)C3CCC12C. The summed E-state index contributed by atoms with van der Waals surface area (Å²) < 4.78 is 0. The van der Waals surface area contributed by atoms with Crippen molar-refractivity contribution < 1.29 is 15.1 Å². The van der Waals surface area contributed by atoms with E-state index < -0.39 is 6.10 Å². The number of nitrogens with zero attached hydrogens (tertiary/aromatic N) is 1. The van der Waals surface area contributed by atoms with Crippen molar-refractivity contribution in [2.45, 2.75) is 71.0 Å². The lowest BCUT2D eigenvalue weighted by molar-refractivity contribution is -0.0237. The zero-order valence-corrected chi connectivity index (χ0v) is 15.2. The Balaban J connectivity index is 1.68. The van der Waals surface area contributed by atoms with Gasteiger partial charge in [-0.3, -0.25) is 0 Å². The Morgan fingerprint density at radius 2 is 1.88 bits per heavy atom. The summed E-state index contributed by atoms with van der Waals surface area (Å²) in [4.78, 5) is 5.05. The largest absolute Gasteiger partial charge is 0.399 e. The molecular formula is C20H31NO3. The van der Waals surface area contributed by atoms with E-state index in [9.17, 15) is 10.2 Å². The van der Waals surface area contributed by atoms with E-state index in [1.165, 1.54) is 12.0 Å². The number of aliphatic hydroxyl groups excluding tert-OH is 2. The van der Waals surface area contributed by atoms with Crippen LogP contribution in [-0.2, 0) is 4.84 Å². The van der Waals surface area contributed by atoms with E-state index >= 15 is 0 Å². The molecule has 4 heteroatoms. The van der Waals surface area contributed by atoms with Gasteiger partial charge >= 0.3 is 0 Å². The molecule has 4 aliphatic rings. The van der Waals surface area contributed by atoms with E-state index in [1.54, 1.807) is 7.11 Å². The Morgan fingerprint density at radius 3 is 2.62 bits per heavy atom. The maximum Gasteiger partial charge on any atom is 0.106 e. The van der Waals surface area contributed by atoms with Gasteiger partial charge in [-0.05, 0) is 68.1 Å². The van der Waals surface area contributed by atoms with Crippen LogP contribution in [0.15, 0.2) is 16.8 Å². The van der Waals surface area contributed by atoms with Gasteiger partial charge in [0.05, 0.1) is 17.9 Å². The summed E-state index contributed by atoms with van der Waals surface area (Å²) in [5.41, 5.74) is 2.59. The minimum absolute atomic E-state index is 0.0214. The molecule has 0 radical (unpaired) electrons. The van der Waals surface area contributed by atoms with Gasteiger partial charge in [-0.1, -0.05) is 30.7 Å².